The zero-order chi connectivity index (χ0) is 11.0. The van der Waals surface area contributed by atoms with Crippen LogP contribution < -0.4 is 0 Å². The molecule has 3 heterocycles. The molecule has 0 spiro atoms. The van der Waals surface area contributed by atoms with Gasteiger partial charge in [-0.15, -0.1) is 11.3 Å². The molecule has 0 atom stereocenters. The third-order valence-electron chi connectivity index (χ3n) is 2.78. The number of ether oxygens (including phenoxy) is 1. The Labute approximate surface area is 103 Å². The highest BCUT2D eigenvalue weighted by Crippen LogP contribution is 2.33. The van der Waals surface area contributed by atoms with Gasteiger partial charge in [-0.3, -0.25) is 4.79 Å². The van der Waals surface area contributed by atoms with E-state index in [0.717, 1.165) is 23.5 Å². The van der Waals surface area contributed by atoms with Crippen molar-refractivity contribution in [2.75, 3.05) is 12.4 Å². The summed E-state index contributed by atoms with van der Waals surface area (Å²) in [4.78, 5) is 14.3. The molecule has 2 aliphatic heterocycles. The van der Waals surface area contributed by atoms with Crippen LogP contribution in [0, 0.1) is 0 Å². The van der Waals surface area contributed by atoms with Gasteiger partial charge in [0.2, 0.25) is 5.78 Å². The molecule has 0 fully saturated rings. The Morgan fingerprint density at radius 1 is 1.44 bits per heavy atom. The lowest BCUT2D eigenvalue weighted by atomic mass is 10.2. The van der Waals surface area contributed by atoms with Crippen LogP contribution in [0.1, 0.15) is 26.5 Å². The maximum Gasteiger partial charge on any atom is 0.237 e. The highest BCUT2D eigenvalue weighted by molar-refractivity contribution is 7.98. The lowest BCUT2D eigenvalue weighted by Crippen LogP contribution is -2.01. The number of ketones is 1. The van der Waals surface area contributed by atoms with Crippen molar-refractivity contribution in [2.24, 2.45) is 0 Å². The van der Waals surface area contributed by atoms with Gasteiger partial charge in [0.15, 0.2) is 5.76 Å². The third kappa shape index (κ3) is 1.80. The highest BCUT2D eigenvalue weighted by atomic mass is 32.2. The minimum absolute atomic E-state index is 0.0712. The van der Waals surface area contributed by atoms with Crippen molar-refractivity contribution in [1.82, 2.24) is 0 Å². The zero-order valence-electron chi connectivity index (χ0n) is 8.82. The molecule has 0 bridgehead atoms. The van der Waals surface area contributed by atoms with Crippen LogP contribution in [-0.2, 0) is 16.9 Å². The van der Waals surface area contributed by atoms with E-state index in [9.17, 15) is 4.79 Å². The first-order valence-electron chi connectivity index (χ1n) is 5.41. The number of Topliss-reactive ketones (excluding diaryl/α,β-unsaturated/α-hetero) is 1. The molecular weight excluding hydrogens is 240 g/mol. The maximum atomic E-state index is 12.1. The number of thioether (sulfide) groups is 1. The number of rotatable bonds is 2. The average molecular weight is 252 g/mol. The quantitative estimate of drug-likeness (QED) is 0.757. The number of thiophene rings is 1. The van der Waals surface area contributed by atoms with Gasteiger partial charge in [-0.2, -0.15) is 11.8 Å². The largest absolute Gasteiger partial charge is 0.489 e. The monoisotopic (exact) mass is 252 g/mol. The van der Waals surface area contributed by atoms with E-state index in [0.29, 0.717) is 12.4 Å². The first kappa shape index (κ1) is 10.4. The molecule has 3 rings (SSSR count). The molecule has 0 saturated carbocycles. The van der Waals surface area contributed by atoms with Crippen molar-refractivity contribution in [3.8, 4) is 0 Å². The minimum Gasteiger partial charge on any atom is -0.489 e. The summed E-state index contributed by atoms with van der Waals surface area (Å²) in [5.41, 5.74) is 1.35. The summed E-state index contributed by atoms with van der Waals surface area (Å²) in [6, 6.07) is 2.05. The number of allylic oxidation sites excluding steroid dienone is 1. The van der Waals surface area contributed by atoms with Gasteiger partial charge in [0.1, 0.15) is 0 Å². The molecule has 0 amide bonds. The van der Waals surface area contributed by atoms with E-state index >= 15 is 0 Å². The van der Waals surface area contributed by atoms with E-state index < -0.39 is 0 Å². The molecule has 0 unspecified atom stereocenters. The van der Waals surface area contributed by atoms with E-state index in [1.54, 1.807) is 11.3 Å². The highest BCUT2D eigenvalue weighted by Gasteiger charge is 2.22. The Hall–Kier alpha value is -0.740. The van der Waals surface area contributed by atoms with Crippen molar-refractivity contribution in [3.05, 3.63) is 33.2 Å². The molecule has 16 heavy (non-hydrogen) atoms. The van der Waals surface area contributed by atoms with Crippen molar-refractivity contribution in [3.63, 3.8) is 0 Å². The third-order valence-corrected chi connectivity index (χ3v) is 5.02. The van der Waals surface area contributed by atoms with Gasteiger partial charge in [0.05, 0.1) is 11.5 Å². The second kappa shape index (κ2) is 4.26. The summed E-state index contributed by atoms with van der Waals surface area (Å²) in [6.07, 6.45) is 3.87. The van der Waals surface area contributed by atoms with Gasteiger partial charge in [0, 0.05) is 17.1 Å². The fourth-order valence-corrected chi connectivity index (χ4v) is 4.27. The normalized spacial score (nSPS) is 18.9. The van der Waals surface area contributed by atoms with Crippen molar-refractivity contribution < 1.29 is 9.53 Å². The predicted molar refractivity (Wildman–Crippen MR) is 67.2 cm³/mol. The van der Waals surface area contributed by atoms with Crippen LogP contribution in [0.15, 0.2) is 17.9 Å². The van der Waals surface area contributed by atoms with E-state index in [-0.39, 0.29) is 5.78 Å². The van der Waals surface area contributed by atoms with Crippen LogP contribution >= 0.6 is 23.1 Å². The van der Waals surface area contributed by atoms with E-state index in [4.69, 9.17) is 4.74 Å². The molecule has 0 N–H and O–H groups in total. The molecule has 1 aromatic heterocycles. The second-order valence-electron chi connectivity index (χ2n) is 3.90. The summed E-state index contributed by atoms with van der Waals surface area (Å²) in [5, 5.41) is 0. The lowest BCUT2D eigenvalue weighted by molar-refractivity contribution is 0.0946. The first-order valence-corrected chi connectivity index (χ1v) is 7.39. The number of aryl methyl sites for hydroxylation is 1. The van der Waals surface area contributed by atoms with Gasteiger partial charge < -0.3 is 4.74 Å². The van der Waals surface area contributed by atoms with Gasteiger partial charge in [-0.25, -0.2) is 0 Å². The second-order valence-corrected chi connectivity index (χ2v) is 6.14. The first-order chi connectivity index (χ1) is 7.84. The fraction of sp³-hybridized carbons (Fsp3) is 0.417. The van der Waals surface area contributed by atoms with Crippen LogP contribution in [-0.4, -0.2) is 18.1 Å². The summed E-state index contributed by atoms with van der Waals surface area (Å²) < 4.78 is 5.31. The fourth-order valence-electron chi connectivity index (χ4n) is 1.96. The number of fused-ring (bicyclic) bond motifs is 1. The standard InChI is InChI=1S/C12H12O2S2/c13-12(9-2-1-4-14-9)11-6-8-7-15-5-3-10(8)16-11/h2,6H,1,3-5,7H2. The SMILES string of the molecule is O=C(C1=CCCO1)c1cc2c(s1)CCSC2. The van der Waals surface area contributed by atoms with Crippen molar-refractivity contribution >= 4 is 28.9 Å². The van der Waals surface area contributed by atoms with Crippen LogP contribution in [0.2, 0.25) is 0 Å². The summed E-state index contributed by atoms with van der Waals surface area (Å²) in [5.74, 6) is 2.85. The molecule has 0 saturated heterocycles. The maximum absolute atomic E-state index is 12.1. The Kier molecular flexibility index (Phi) is 2.77. The van der Waals surface area contributed by atoms with Crippen LogP contribution in [0.5, 0.6) is 0 Å². The molecular formula is C12H12O2S2. The van der Waals surface area contributed by atoms with Gasteiger partial charge in [-0.1, -0.05) is 0 Å². The summed E-state index contributed by atoms with van der Waals surface area (Å²) >= 11 is 3.59. The molecule has 0 radical (unpaired) electrons. The Balaban J connectivity index is 1.89. The van der Waals surface area contributed by atoms with Crippen LogP contribution in [0.4, 0.5) is 0 Å². The molecule has 2 nitrogen and oxygen atoms in total. The van der Waals surface area contributed by atoms with Crippen molar-refractivity contribution in [1.29, 1.82) is 0 Å². The number of carbonyl (C=O) groups is 1. The molecule has 0 aromatic carbocycles. The minimum atomic E-state index is 0.0712. The topological polar surface area (TPSA) is 26.3 Å². The Morgan fingerprint density at radius 2 is 2.38 bits per heavy atom. The van der Waals surface area contributed by atoms with Gasteiger partial charge in [-0.05, 0) is 29.9 Å². The predicted octanol–water partition coefficient (Wildman–Crippen LogP) is 3.02. The molecule has 1 aromatic rings. The van der Waals surface area contributed by atoms with Gasteiger partial charge in [0.25, 0.3) is 0 Å². The van der Waals surface area contributed by atoms with Crippen molar-refractivity contribution in [2.45, 2.75) is 18.6 Å². The summed E-state index contributed by atoms with van der Waals surface area (Å²) in [7, 11) is 0. The molecule has 84 valence electrons. The summed E-state index contributed by atoms with van der Waals surface area (Å²) in [6.45, 7) is 0.655. The van der Waals surface area contributed by atoms with E-state index in [2.05, 4.69) is 6.07 Å². The van der Waals surface area contributed by atoms with Crippen LogP contribution in [0.25, 0.3) is 0 Å². The Bertz CT molecular complexity index is 436. The number of hydrogen-bond acceptors (Lipinski definition) is 4. The number of hydrogen-bond donors (Lipinski definition) is 0. The molecule has 2 aliphatic rings. The number of carbonyl (C=O) groups excluding carboxylic acids is 1. The zero-order valence-corrected chi connectivity index (χ0v) is 10.5. The Morgan fingerprint density at radius 3 is 3.12 bits per heavy atom. The smallest absolute Gasteiger partial charge is 0.237 e. The van der Waals surface area contributed by atoms with E-state index in [1.165, 1.54) is 16.2 Å². The van der Waals surface area contributed by atoms with Crippen LogP contribution in [0.3, 0.4) is 0 Å². The molecule has 0 aliphatic carbocycles. The lowest BCUT2D eigenvalue weighted by Gasteiger charge is -2.08. The van der Waals surface area contributed by atoms with Gasteiger partial charge >= 0.3 is 0 Å². The van der Waals surface area contributed by atoms with E-state index in [1.807, 2.05) is 17.8 Å². The average Bonchev–Trinajstić information content (AvgIpc) is 2.97. The molecule has 4 heteroatoms.